The van der Waals surface area contributed by atoms with E-state index in [0.29, 0.717) is 5.88 Å². The molecule has 0 bridgehead atoms. The molecule has 0 saturated heterocycles. The zero-order valence-electron chi connectivity index (χ0n) is 7.73. The van der Waals surface area contributed by atoms with E-state index in [1.54, 1.807) is 19.4 Å². The fraction of sp³-hybridized carbons (Fsp3) is 0.300. The Morgan fingerprint density at radius 1 is 1.77 bits per heavy atom. The van der Waals surface area contributed by atoms with Gasteiger partial charge in [0.1, 0.15) is 0 Å². The van der Waals surface area contributed by atoms with E-state index in [9.17, 15) is 0 Å². The van der Waals surface area contributed by atoms with E-state index in [4.69, 9.17) is 10.5 Å². The summed E-state index contributed by atoms with van der Waals surface area (Å²) < 4.78 is 5.09. The minimum absolute atomic E-state index is 0.0823. The van der Waals surface area contributed by atoms with E-state index in [2.05, 4.69) is 11.6 Å². The maximum atomic E-state index is 5.89. The summed E-state index contributed by atoms with van der Waals surface area (Å²) in [5, 5.41) is 0. The molecule has 1 unspecified atom stereocenters. The molecule has 2 N–H and O–H groups in total. The van der Waals surface area contributed by atoms with Crippen molar-refractivity contribution in [1.29, 1.82) is 0 Å². The fourth-order valence-corrected chi connectivity index (χ4v) is 1.16. The third kappa shape index (κ3) is 2.29. The molecule has 1 heterocycles. The molecule has 0 fully saturated rings. The minimum atomic E-state index is -0.0823. The third-order valence-electron chi connectivity index (χ3n) is 1.81. The van der Waals surface area contributed by atoms with Crippen molar-refractivity contribution in [3.63, 3.8) is 0 Å². The predicted octanol–water partition coefficient (Wildman–Crippen LogP) is 1.67. The van der Waals surface area contributed by atoms with Gasteiger partial charge in [-0.2, -0.15) is 0 Å². The zero-order chi connectivity index (χ0) is 9.68. The molecular formula is C10H14N2O. The molecule has 0 aliphatic carbocycles. The van der Waals surface area contributed by atoms with Crippen molar-refractivity contribution in [1.82, 2.24) is 4.98 Å². The van der Waals surface area contributed by atoms with Crippen molar-refractivity contribution >= 4 is 0 Å². The van der Waals surface area contributed by atoms with Gasteiger partial charge in [-0.1, -0.05) is 12.1 Å². The summed E-state index contributed by atoms with van der Waals surface area (Å²) in [5.74, 6) is 0.594. The second-order valence-corrected chi connectivity index (χ2v) is 2.73. The molecule has 3 nitrogen and oxygen atoms in total. The molecule has 3 heteroatoms. The quantitative estimate of drug-likeness (QED) is 0.713. The van der Waals surface area contributed by atoms with Crippen molar-refractivity contribution in [2.45, 2.75) is 12.5 Å². The van der Waals surface area contributed by atoms with Crippen molar-refractivity contribution in [2.24, 2.45) is 5.73 Å². The van der Waals surface area contributed by atoms with Gasteiger partial charge in [0, 0.05) is 17.8 Å². The summed E-state index contributed by atoms with van der Waals surface area (Å²) >= 11 is 0. The van der Waals surface area contributed by atoms with Gasteiger partial charge in [-0.05, 0) is 12.5 Å². The van der Waals surface area contributed by atoms with Crippen LogP contribution in [0.2, 0.25) is 0 Å². The number of ether oxygens (including phenoxy) is 1. The van der Waals surface area contributed by atoms with Crippen LogP contribution in [0.25, 0.3) is 0 Å². The van der Waals surface area contributed by atoms with Gasteiger partial charge < -0.3 is 10.5 Å². The lowest BCUT2D eigenvalue weighted by molar-refractivity contribution is 0.388. The minimum Gasteiger partial charge on any atom is -0.481 e. The standard InChI is InChI=1S/C10H14N2O/c1-3-5-9(11)8-6-4-7-12-10(8)13-2/h3-4,6-7,9H,1,5,11H2,2H3. The first-order valence-electron chi connectivity index (χ1n) is 4.15. The highest BCUT2D eigenvalue weighted by molar-refractivity contribution is 5.28. The Hall–Kier alpha value is -1.35. The number of rotatable bonds is 4. The molecule has 0 radical (unpaired) electrons. The van der Waals surface area contributed by atoms with E-state index in [-0.39, 0.29) is 6.04 Å². The Bertz CT molecular complexity index is 286. The van der Waals surface area contributed by atoms with Gasteiger partial charge in [-0.15, -0.1) is 6.58 Å². The van der Waals surface area contributed by atoms with Crippen LogP contribution < -0.4 is 10.5 Å². The summed E-state index contributed by atoms with van der Waals surface area (Å²) in [4.78, 5) is 4.06. The third-order valence-corrected chi connectivity index (χ3v) is 1.81. The Kier molecular flexibility index (Phi) is 3.46. The summed E-state index contributed by atoms with van der Waals surface area (Å²) in [6.07, 6.45) is 4.20. The first-order valence-corrected chi connectivity index (χ1v) is 4.15. The van der Waals surface area contributed by atoms with Crippen LogP contribution in [0.1, 0.15) is 18.0 Å². The predicted molar refractivity (Wildman–Crippen MR) is 52.5 cm³/mol. The number of hydrogen-bond acceptors (Lipinski definition) is 3. The van der Waals surface area contributed by atoms with E-state index in [0.717, 1.165) is 12.0 Å². The molecule has 1 aromatic heterocycles. The van der Waals surface area contributed by atoms with Gasteiger partial charge in [0.15, 0.2) is 0 Å². The fourth-order valence-electron chi connectivity index (χ4n) is 1.16. The molecule has 0 aliphatic heterocycles. The topological polar surface area (TPSA) is 48.1 Å². The van der Waals surface area contributed by atoms with Crippen LogP contribution in [0.15, 0.2) is 31.0 Å². The summed E-state index contributed by atoms with van der Waals surface area (Å²) in [6.45, 7) is 3.64. The van der Waals surface area contributed by atoms with Crippen LogP contribution in [0.5, 0.6) is 5.88 Å². The lowest BCUT2D eigenvalue weighted by atomic mass is 10.1. The average molecular weight is 178 g/mol. The molecular weight excluding hydrogens is 164 g/mol. The average Bonchev–Trinajstić information content (AvgIpc) is 2.18. The van der Waals surface area contributed by atoms with Crippen LogP contribution in [0.4, 0.5) is 0 Å². The molecule has 13 heavy (non-hydrogen) atoms. The summed E-state index contributed by atoms with van der Waals surface area (Å²) in [5.41, 5.74) is 6.81. The molecule has 1 rings (SSSR count). The molecule has 0 aromatic carbocycles. The van der Waals surface area contributed by atoms with Gasteiger partial charge in [0.2, 0.25) is 5.88 Å². The highest BCUT2D eigenvalue weighted by atomic mass is 16.5. The number of hydrogen-bond donors (Lipinski definition) is 1. The first kappa shape index (κ1) is 9.74. The van der Waals surface area contributed by atoms with Crippen LogP contribution in [-0.4, -0.2) is 12.1 Å². The maximum Gasteiger partial charge on any atom is 0.217 e. The Balaban J connectivity index is 2.91. The highest BCUT2D eigenvalue weighted by Gasteiger charge is 2.10. The number of nitrogens with zero attached hydrogens (tertiary/aromatic N) is 1. The Morgan fingerprint density at radius 2 is 2.54 bits per heavy atom. The molecule has 0 aliphatic rings. The van der Waals surface area contributed by atoms with E-state index in [1.165, 1.54) is 0 Å². The highest BCUT2D eigenvalue weighted by Crippen LogP contribution is 2.22. The number of nitrogens with two attached hydrogens (primary N) is 1. The maximum absolute atomic E-state index is 5.89. The molecule has 1 aromatic rings. The van der Waals surface area contributed by atoms with Crippen molar-refractivity contribution in [2.75, 3.05) is 7.11 Å². The van der Waals surface area contributed by atoms with Gasteiger partial charge in [-0.3, -0.25) is 0 Å². The molecule has 70 valence electrons. The van der Waals surface area contributed by atoms with Gasteiger partial charge in [0.05, 0.1) is 7.11 Å². The van der Waals surface area contributed by atoms with Gasteiger partial charge in [-0.25, -0.2) is 4.98 Å². The van der Waals surface area contributed by atoms with E-state index in [1.807, 2.05) is 12.1 Å². The van der Waals surface area contributed by atoms with Crippen molar-refractivity contribution in [3.8, 4) is 5.88 Å². The van der Waals surface area contributed by atoms with Crippen molar-refractivity contribution in [3.05, 3.63) is 36.5 Å². The molecule has 1 atom stereocenters. The Morgan fingerprint density at radius 3 is 3.15 bits per heavy atom. The van der Waals surface area contributed by atoms with E-state index < -0.39 is 0 Å². The first-order chi connectivity index (χ1) is 6.29. The lowest BCUT2D eigenvalue weighted by Crippen LogP contribution is -2.11. The van der Waals surface area contributed by atoms with Crippen molar-refractivity contribution < 1.29 is 4.74 Å². The lowest BCUT2D eigenvalue weighted by Gasteiger charge is -2.12. The normalized spacial score (nSPS) is 12.2. The monoisotopic (exact) mass is 178 g/mol. The summed E-state index contributed by atoms with van der Waals surface area (Å²) in [6, 6.07) is 3.68. The number of methoxy groups -OCH3 is 1. The molecule has 0 amide bonds. The van der Waals surface area contributed by atoms with Crippen LogP contribution in [-0.2, 0) is 0 Å². The van der Waals surface area contributed by atoms with E-state index >= 15 is 0 Å². The SMILES string of the molecule is C=CCC(N)c1cccnc1OC. The number of pyridine rings is 1. The Labute approximate surface area is 78.2 Å². The zero-order valence-corrected chi connectivity index (χ0v) is 7.73. The molecule has 0 spiro atoms. The number of aromatic nitrogens is 1. The van der Waals surface area contributed by atoms with Gasteiger partial charge >= 0.3 is 0 Å². The van der Waals surface area contributed by atoms with Crippen LogP contribution in [0.3, 0.4) is 0 Å². The largest absolute Gasteiger partial charge is 0.481 e. The second-order valence-electron chi connectivity index (χ2n) is 2.73. The van der Waals surface area contributed by atoms with Gasteiger partial charge in [0.25, 0.3) is 0 Å². The second kappa shape index (κ2) is 4.62. The summed E-state index contributed by atoms with van der Waals surface area (Å²) in [7, 11) is 1.59. The van der Waals surface area contributed by atoms with Crippen LogP contribution in [0, 0.1) is 0 Å². The van der Waals surface area contributed by atoms with Crippen LogP contribution >= 0.6 is 0 Å². The molecule has 0 saturated carbocycles. The smallest absolute Gasteiger partial charge is 0.217 e.